The van der Waals surface area contributed by atoms with Crippen molar-refractivity contribution in [2.45, 2.75) is 40.2 Å². The molecule has 0 saturated heterocycles. The minimum absolute atomic E-state index is 0.812. The van der Waals surface area contributed by atoms with Crippen LogP contribution in [0.25, 0.3) is 0 Å². The Morgan fingerprint density at radius 1 is 1.40 bits per heavy atom. The summed E-state index contributed by atoms with van der Waals surface area (Å²) < 4.78 is 0. The third kappa shape index (κ3) is 4.93. The molecule has 1 rings (SSSR count). The second-order valence-electron chi connectivity index (χ2n) is 4.52. The summed E-state index contributed by atoms with van der Waals surface area (Å²) in [5, 5.41) is 3.46. The Balaban J connectivity index is 2.18. The van der Waals surface area contributed by atoms with Gasteiger partial charge in [-0.05, 0) is 49.4 Å². The molecule has 0 fully saturated rings. The number of nitrogens with zero attached hydrogens (tertiary/aromatic N) is 1. The summed E-state index contributed by atoms with van der Waals surface area (Å²) in [7, 11) is 0. The molecule has 0 aliphatic carbocycles. The Labute approximate surface area is 93.1 Å². The first kappa shape index (κ1) is 12.2. The van der Waals surface area contributed by atoms with Crippen LogP contribution in [-0.2, 0) is 6.54 Å². The standard InChI is InChI=1S/C13H22N2/c1-11(2)5-4-7-14-9-13-10-15-8-6-12(13)3/h6,8,10-11,14H,4-5,7,9H2,1-3H3. The first-order valence-corrected chi connectivity index (χ1v) is 5.80. The highest BCUT2D eigenvalue weighted by Gasteiger charge is 1.97. The van der Waals surface area contributed by atoms with E-state index in [9.17, 15) is 0 Å². The van der Waals surface area contributed by atoms with Crippen molar-refractivity contribution in [2.75, 3.05) is 6.54 Å². The largest absolute Gasteiger partial charge is 0.313 e. The molecule has 0 spiro atoms. The van der Waals surface area contributed by atoms with Crippen molar-refractivity contribution in [3.05, 3.63) is 29.6 Å². The Morgan fingerprint density at radius 2 is 2.20 bits per heavy atom. The Bertz CT molecular complexity index is 282. The van der Waals surface area contributed by atoms with E-state index in [1.165, 1.54) is 24.0 Å². The molecule has 0 amide bonds. The van der Waals surface area contributed by atoms with Crippen molar-refractivity contribution in [3.63, 3.8) is 0 Å². The van der Waals surface area contributed by atoms with Gasteiger partial charge in [0.15, 0.2) is 0 Å². The van der Waals surface area contributed by atoms with Crippen molar-refractivity contribution >= 4 is 0 Å². The lowest BCUT2D eigenvalue weighted by atomic mass is 10.1. The second-order valence-corrected chi connectivity index (χ2v) is 4.52. The van der Waals surface area contributed by atoms with Crippen LogP contribution in [0.3, 0.4) is 0 Å². The molecule has 0 radical (unpaired) electrons. The van der Waals surface area contributed by atoms with Crippen molar-refractivity contribution in [3.8, 4) is 0 Å². The summed E-state index contributed by atoms with van der Waals surface area (Å²) in [5.41, 5.74) is 2.63. The summed E-state index contributed by atoms with van der Waals surface area (Å²) in [4.78, 5) is 4.13. The fourth-order valence-electron chi connectivity index (χ4n) is 1.54. The van der Waals surface area contributed by atoms with Gasteiger partial charge in [0.2, 0.25) is 0 Å². The van der Waals surface area contributed by atoms with Crippen LogP contribution in [0.15, 0.2) is 18.5 Å². The summed E-state index contributed by atoms with van der Waals surface area (Å²) >= 11 is 0. The molecule has 0 unspecified atom stereocenters. The number of pyridine rings is 1. The topological polar surface area (TPSA) is 24.9 Å². The maximum atomic E-state index is 4.13. The SMILES string of the molecule is Cc1ccncc1CNCCCC(C)C. The van der Waals surface area contributed by atoms with E-state index in [1.54, 1.807) is 0 Å². The summed E-state index contributed by atoms with van der Waals surface area (Å²) in [6, 6.07) is 2.06. The molecule has 1 aromatic heterocycles. The molecule has 1 aromatic rings. The number of hydrogen-bond donors (Lipinski definition) is 1. The Hall–Kier alpha value is -0.890. The molecule has 0 saturated carbocycles. The molecule has 2 nitrogen and oxygen atoms in total. The van der Waals surface area contributed by atoms with Crippen LogP contribution >= 0.6 is 0 Å². The van der Waals surface area contributed by atoms with Gasteiger partial charge in [-0.3, -0.25) is 4.98 Å². The normalized spacial score (nSPS) is 10.9. The van der Waals surface area contributed by atoms with Gasteiger partial charge in [0.1, 0.15) is 0 Å². The predicted molar refractivity (Wildman–Crippen MR) is 64.8 cm³/mol. The zero-order valence-electron chi connectivity index (χ0n) is 10.1. The van der Waals surface area contributed by atoms with Crippen LogP contribution in [0.2, 0.25) is 0 Å². The van der Waals surface area contributed by atoms with E-state index in [0.717, 1.165) is 19.0 Å². The van der Waals surface area contributed by atoms with Crippen molar-refractivity contribution in [2.24, 2.45) is 5.92 Å². The third-order valence-electron chi connectivity index (χ3n) is 2.60. The molecule has 0 atom stereocenters. The third-order valence-corrected chi connectivity index (χ3v) is 2.60. The number of aryl methyl sites for hydroxylation is 1. The van der Waals surface area contributed by atoms with Crippen LogP contribution in [0, 0.1) is 12.8 Å². The van der Waals surface area contributed by atoms with Crippen LogP contribution in [0.5, 0.6) is 0 Å². The van der Waals surface area contributed by atoms with E-state index < -0.39 is 0 Å². The Morgan fingerprint density at radius 3 is 2.87 bits per heavy atom. The van der Waals surface area contributed by atoms with Crippen LogP contribution in [0.1, 0.15) is 37.8 Å². The summed E-state index contributed by atoms with van der Waals surface area (Å²) in [6.07, 6.45) is 6.36. The van der Waals surface area contributed by atoms with Crippen LogP contribution < -0.4 is 5.32 Å². The monoisotopic (exact) mass is 206 g/mol. The smallest absolute Gasteiger partial charge is 0.0315 e. The average Bonchev–Trinajstić information content (AvgIpc) is 2.20. The zero-order valence-corrected chi connectivity index (χ0v) is 10.1. The van der Waals surface area contributed by atoms with Gasteiger partial charge >= 0.3 is 0 Å². The lowest BCUT2D eigenvalue weighted by Crippen LogP contribution is -2.16. The molecule has 0 aromatic carbocycles. The highest BCUT2D eigenvalue weighted by Crippen LogP contribution is 2.05. The van der Waals surface area contributed by atoms with Crippen molar-refractivity contribution < 1.29 is 0 Å². The molecular formula is C13H22N2. The summed E-state index contributed by atoms with van der Waals surface area (Å²) in [6.45, 7) is 8.72. The molecule has 15 heavy (non-hydrogen) atoms. The number of hydrogen-bond acceptors (Lipinski definition) is 2. The van der Waals surface area contributed by atoms with Gasteiger partial charge in [-0.15, -0.1) is 0 Å². The molecule has 1 heterocycles. The van der Waals surface area contributed by atoms with Gasteiger partial charge in [-0.1, -0.05) is 13.8 Å². The minimum Gasteiger partial charge on any atom is -0.313 e. The van der Waals surface area contributed by atoms with Gasteiger partial charge in [-0.2, -0.15) is 0 Å². The lowest BCUT2D eigenvalue weighted by molar-refractivity contribution is 0.527. The van der Waals surface area contributed by atoms with Gasteiger partial charge in [0.05, 0.1) is 0 Å². The minimum atomic E-state index is 0.812. The maximum Gasteiger partial charge on any atom is 0.0315 e. The van der Waals surface area contributed by atoms with Gasteiger partial charge < -0.3 is 5.32 Å². The molecule has 1 N–H and O–H groups in total. The number of aromatic nitrogens is 1. The fourth-order valence-corrected chi connectivity index (χ4v) is 1.54. The van der Waals surface area contributed by atoms with Gasteiger partial charge in [0, 0.05) is 18.9 Å². The number of rotatable bonds is 6. The van der Waals surface area contributed by atoms with E-state index in [0.29, 0.717) is 0 Å². The van der Waals surface area contributed by atoms with E-state index in [1.807, 2.05) is 12.4 Å². The molecule has 0 aliphatic heterocycles. The molecule has 84 valence electrons. The van der Waals surface area contributed by atoms with Crippen LogP contribution in [0.4, 0.5) is 0 Å². The fraction of sp³-hybridized carbons (Fsp3) is 0.615. The average molecular weight is 206 g/mol. The molecule has 2 heteroatoms. The Kier molecular flexibility index (Phi) is 5.33. The number of nitrogens with one attached hydrogen (secondary N) is 1. The summed E-state index contributed by atoms with van der Waals surface area (Å²) in [5.74, 6) is 0.812. The van der Waals surface area contributed by atoms with Gasteiger partial charge in [-0.25, -0.2) is 0 Å². The van der Waals surface area contributed by atoms with E-state index in [4.69, 9.17) is 0 Å². The van der Waals surface area contributed by atoms with Crippen LogP contribution in [-0.4, -0.2) is 11.5 Å². The van der Waals surface area contributed by atoms with Crippen molar-refractivity contribution in [1.29, 1.82) is 0 Å². The van der Waals surface area contributed by atoms with Gasteiger partial charge in [0.25, 0.3) is 0 Å². The van der Waals surface area contributed by atoms with E-state index >= 15 is 0 Å². The first-order chi connectivity index (χ1) is 7.20. The second kappa shape index (κ2) is 6.57. The van der Waals surface area contributed by atoms with E-state index in [-0.39, 0.29) is 0 Å². The van der Waals surface area contributed by atoms with E-state index in [2.05, 4.69) is 37.1 Å². The molecular weight excluding hydrogens is 184 g/mol. The maximum absolute atomic E-state index is 4.13. The lowest BCUT2D eigenvalue weighted by Gasteiger charge is -2.08. The quantitative estimate of drug-likeness (QED) is 0.724. The predicted octanol–water partition coefficient (Wildman–Crippen LogP) is 2.92. The first-order valence-electron chi connectivity index (χ1n) is 5.80. The van der Waals surface area contributed by atoms with Crippen molar-refractivity contribution in [1.82, 2.24) is 10.3 Å². The molecule has 0 bridgehead atoms. The zero-order chi connectivity index (χ0) is 11.1. The highest BCUT2D eigenvalue weighted by molar-refractivity contribution is 5.20. The highest BCUT2D eigenvalue weighted by atomic mass is 14.8. The molecule has 0 aliphatic rings.